The van der Waals surface area contributed by atoms with E-state index in [-0.39, 0.29) is 0 Å². The summed E-state index contributed by atoms with van der Waals surface area (Å²) >= 11 is 0. The van der Waals surface area contributed by atoms with E-state index in [4.69, 9.17) is 0 Å². The fourth-order valence-electron chi connectivity index (χ4n) is 3.53. The fourth-order valence-corrected chi connectivity index (χ4v) is 3.53. The first kappa shape index (κ1) is 18.5. The van der Waals surface area contributed by atoms with Crippen LogP contribution in [0.2, 0.25) is 0 Å². The Morgan fingerprint density at radius 1 is 0.654 bits per heavy atom. The van der Waals surface area contributed by atoms with Gasteiger partial charge in [0.25, 0.3) is 0 Å². The summed E-state index contributed by atoms with van der Waals surface area (Å²) in [6, 6.07) is 23.9. The van der Waals surface area contributed by atoms with Crippen LogP contribution in [-0.4, -0.2) is 0 Å². The van der Waals surface area contributed by atoms with Crippen LogP contribution in [0.25, 0.3) is 10.8 Å². The van der Waals surface area contributed by atoms with E-state index in [1.54, 1.807) is 0 Å². The molecule has 136 valence electrons. The highest BCUT2D eigenvalue weighted by Crippen LogP contribution is 2.26. The average Bonchev–Trinajstić information content (AvgIpc) is 2.69. The zero-order valence-electron chi connectivity index (χ0n) is 16.0. The third kappa shape index (κ3) is 5.36. The van der Waals surface area contributed by atoms with E-state index in [0.29, 0.717) is 0 Å². The number of unbranched alkanes of at least 4 members (excludes halogenated alkanes) is 6. The topological polar surface area (TPSA) is 12.0 Å². The molecule has 26 heavy (non-hydrogen) atoms. The van der Waals surface area contributed by atoms with E-state index in [1.165, 1.54) is 73.4 Å². The molecule has 1 heteroatoms. The Labute approximate surface area is 158 Å². The Balaban J connectivity index is 1.50. The molecule has 0 atom stereocenters. The predicted molar refractivity (Wildman–Crippen MR) is 115 cm³/mol. The van der Waals surface area contributed by atoms with Gasteiger partial charge in [0.1, 0.15) is 0 Å². The highest BCUT2D eigenvalue weighted by Gasteiger charge is 2.01. The molecular formula is C25H31N. The van der Waals surface area contributed by atoms with Gasteiger partial charge in [-0.25, -0.2) is 0 Å². The van der Waals surface area contributed by atoms with Crippen molar-refractivity contribution >= 4 is 22.1 Å². The van der Waals surface area contributed by atoms with Crippen molar-refractivity contribution < 1.29 is 0 Å². The molecule has 1 N–H and O–H groups in total. The maximum absolute atomic E-state index is 3.57. The van der Waals surface area contributed by atoms with Gasteiger partial charge in [0.15, 0.2) is 0 Å². The van der Waals surface area contributed by atoms with Crippen molar-refractivity contribution in [2.45, 2.75) is 58.3 Å². The first-order valence-electron chi connectivity index (χ1n) is 10.2. The van der Waals surface area contributed by atoms with Crippen LogP contribution < -0.4 is 5.32 Å². The predicted octanol–water partition coefficient (Wildman–Crippen LogP) is 7.88. The van der Waals surface area contributed by atoms with Gasteiger partial charge >= 0.3 is 0 Å². The Morgan fingerprint density at radius 2 is 1.35 bits per heavy atom. The number of aryl methyl sites for hydroxylation is 1. The first-order chi connectivity index (χ1) is 12.9. The fraction of sp³-hybridized carbons (Fsp3) is 0.360. The molecular weight excluding hydrogens is 314 g/mol. The van der Waals surface area contributed by atoms with Crippen molar-refractivity contribution in [1.29, 1.82) is 0 Å². The molecule has 0 spiro atoms. The van der Waals surface area contributed by atoms with Gasteiger partial charge in [0.05, 0.1) is 0 Å². The van der Waals surface area contributed by atoms with Crippen LogP contribution in [0.4, 0.5) is 11.4 Å². The Kier molecular flexibility index (Phi) is 7.13. The molecule has 0 radical (unpaired) electrons. The largest absolute Gasteiger partial charge is 0.355 e. The second kappa shape index (κ2) is 10.0. The van der Waals surface area contributed by atoms with Crippen molar-refractivity contribution in [3.63, 3.8) is 0 Å². The standard InChI is InChI=1S/C25H31N/c1-2-3-4-5-6-7-8-12-21-17-19-23(20-18-21)26-25-16-11-14-22-13-9-10-15-24(22)25/h9-11,13-20,26H,2-8,12H2,1H3. The van der Waals surface area contributed by atoms with E-state index in [9.17, 15) is 0 Å². The summed E-state index contributed by atoms with van der Waals surface area (Å²) < 4.78 is 0. The van der Waals surface area contributed by atoms with E-state index in [1.807, 2.05) is 0 Å². The molecule has 0 aliphatic rings. The van der Waals surface area contributed by atoms with Crippen LogP contribution in [0, 0.1) is 0 Å². The minimum absolute atomic E-state index is 1.16. The molecule has 0 heterocycles. The van der Waals surface area contributed by atoms with E-state index >= 15 is 0 Å². The maximum Gasteiger partial charge on any atom is 0.0463 e. The molecule has 0 aromatic heterocycles. The maximum atomic E-state index is 3.57. The van der Waals surface area contributed by atoms with E-state index in [2.05, 4.69) is 79.0 Å². The third-order valence-electron chi connectivity index (χ3n) is 5.09. The van der Waals surface area contributed by atoms with Gasteiger partial charge in [0.2, 0.25) is 0 Å². The molecule has 0 saturated carbocycles. The summed E-state index contributed by atoms with van der Waals surface area (Å²) in [5, 5.41) is 6.11. The number of hydrogen-bond donors (Lipinski definition) is 1. The lowest BCUT2D eigenvalue weighted by Crippen LogP contribution is -1.92. The summed E-state index contributed by atoms with van der Waals surface area (Å²) in [7, 11) is 0. The smallest absolute Gasteiger partial charge is 0.0463 e. The zero-order chi connectivity index (χ0) is 18.0. The Morgan fingerprint density at radius 3 is 2.15 bits per heavy atom. The highest BCUT2D eigenvalue weighted by molar-refractivity contribution is 5.95. The molecule has 0 unspecified atom stereocenters. The Bertz CT molecular complexity index is 783. The van der Waals surface area contributed by atoms with Crippen molar-refractivity contribution in [3.05, 3.63) is 72.3 Å². The molecule has 3 aromatic rings. The molecule has 0 saturated heterocycles. The zero-order valence-corrected chi connectivity index (χ0v) is 16.0. The average molecular weight is 346 g/mol. The minimum Gasteiger partial charge on any atom is -0.355 e. The van der Waals surface area contributed by atoms with E-state index < -0.39 is 0 Å². The Hall–Kier alpha value is -2.28. The van der Waals surface area contributed by atoms with Crippen molar-refractivity contribution in [3.8, 4) is 0 Å². The lowest BCUT2D eigenvalue weighted by atomic mass is 10.0. The van der Waals surface area contributed by atoms with Crippen LogP contribution in [-0.2, 0) is 6.42 Å². The second-order valence-corrected chi connectivity index (χ2v) is 7.22. The summed E-state index contributed by atoms with van der Waals surface area (Å²) in [5.41, 5.74) is 3.77. The molecule has 0 fully saturated rings. The van der Waals surface area contributed by atoms with Gasteiger partial charge < -0.3 is 5.32 Å². The number of nitrogens with one attached hydrogen (secondary N) is 1. The van der Waals surface area contributed by atoms with Crippen LogP contribution in [0.15, 0.2) is 66.7 Å². The van der Waals surface area contributed by atoms with Gasteiger partial charge in [-0.2, -0.15) is 0 Å². The molecule has 0 bridgehead atoms. The van der Waals surface area contributed by atoms with Crippen LogP contribution >= 0.6 is 0 Å². The van der Waals surface area contributed by atoms with Crippen LogP contribution in [0.3, 0.4) is 0 Å². The van der Waals surface area contributed by atoms with E-state index in [0.717, 1.165) is 5.69 Å². The highest BCUT2D eigenvalue weighted by atomic mass is 14.9. The summed E-state index contributed by atoms with van der Waals surface area (Å²) in [6.07, 6.45) is 10.8. The summed E-state index contributed by atoms with van der Waals surface area (Å²) in [6.45, 7) is 2.28. The minimum atomic E-state index is 1.16. The molecule has 0 aliphatic carbocycles. The first-order valence-corrected chi connectivity index (χ1v) is 10.2. The van der Waals surface area contributed by atoms with Crippen LogP contribution in [0.5, 0.6) is 0 Å². The van der Waals surface area contributed by atoms with Gasteiger partial charge in [0, 0.05) is 16.8 Å². The van der Waals surface area contributed by atoms with Gasteiger partial charge in [-0.15, -0.1) is 0 Å². The number of benzene rings is 3. The molecule has 0 aliphatic heterocycles. The second-order valence-electron chi connectivity index (χ2n) is 7.22. The molecule has 3 rings (SSSR count). The van der Waals surface area contributed by atoms with Gasteiger partial charge in [-0.3, -0.25) is 0 Å². The molecule has 1 nitrogen and oxygen atoms in total. The normalized spacial score (nSPS) is 11.0. The van der Waals surface area contributed by atoms with Gasteiger partial charge in [-0.1, -0.05) is 94.0 Å². The van der Waals surface area contributed by atoms with Crippen molar-refractivity contribution in [2.75, 3.05) is 5.32 Å². The summed E-state index contributed by atoms with van der Waals surface area (Å²) in [5.74, 6) is 0. The van der Waals surface area contributed by atoms with Crippen LogP contribution in [0.1, 0.15) is 57.4 Å². The lowest BCUT2D eigenvalue weighted by Gasteiger charge is -2.10. The van der Waals surface area contributed by atoms with Crippen molar-refractivity contribution in [2.24, 2.45) is 0 Å². The summed E-state index contributed by atoms with van der Waals surface area (Å²) in [4.78, 5) is 0. The number of hydrogen-bond acceptors (Lipinski definition) is 1. The van der Waals surface area contributed by atoms with Crippen molar-refractivity contribution in [1.82, 2.24) is 0 Å². The number of anilines is 2. The molecule has 3 aromatic carbocycles. The monoisotopic (exact) mass is 345 g/mol. The SMILES string of the molecule is CCCCCCCCCc1ccc(Nc2cccc3ccccc23)cc1. The quantitative estimate of drug-likeness (QED) is 0.368. The number of rotatable bonds is 10. The number of fused-ring (bicyclic) bond motifs is 1. The van der Waals surface area contributed by atoms with Gasteiger partial charge in [-0.05, 0) is 42.0 Å². The lowest BCUT2D eigenvalue weighted by molar-refractivity contribution is 0.589. The third-order valence-corrected chi connectivity index (χ3v) is 5.09. The molecule has 0 amide bonds.